The number of ether oxygens (including phenoxy) is 1. The third kappa shape index (κ3) is 5.06. The molecule has 1 saturated heterocycles. The molecule has 0 radical (unpaired) electrons. The first-order valence-electron chi connectivity index (χ1n) is 10.9. The SMILES string of the molecule is Cc1c(C(=O)NCc2cccc(C(=O)N3CCOC(C)C3)c2)cnn1Cc1ccccc1. The van der Waals surface area contributed by atoms with E-state index in [2.05, 4.69) is 10.4 Å². The lowest BCUT2D eigenvalue weighted by atomic mass is 10.1. The van der Waals surface area contributed by atoms with Gasteiger partial charge in [0.2, 0.25) is 0 Å². The number of carbonyl (C=O) groups is 2. The van der Waals surface area contributed by atoms with Crippen LogP contribution in [-0.4, -0.2) is 52.3 Å². The molecule has 2 amide bonds. The highest BCUT2D eigenvalue weighted by molar-refractivity contribution is 5.95. The molecule has 1 aliphatic heterocycles. The minimum Gasteiger partial charge on any atom is -0.375 e. The van der Waals surface area contributed by atoms with Gasteiger partial charge in [0.25, 0.3) is 11.8 Å². The van der Waals surface area contributed by atoms with E-state index in [1.165, 1.54) is 0 Å². The molecule has 2 heterocycles. The van der Waals surface area contributed by atoms with Gasteiger partial charge in [-0.05, 0) is 37.1 Å². The number of nitrogens with zero attached hydrogens (tertiary/aromatic N) is 3. The Morgan fingerprint density at radius 1 is 1.12 bits per heavy atom. The van der Waals surface area contributed by atoms with Crippen molar-refractivity contribution in [2.45, 2.75) is 33.0 Å². The van der Waals surface area contributed by atoms with Gasteiger partial charge in [-0.25, -0.2) is 0 Å². The highest BCUT2D eigenvalue weighted by Gasteiger charge is 2.22. The van der Waals surface area contributed by atoms with E-state index in [1.54, 1.807) is 6.20 Å². The minimum atomic E-state index is -0.180. The van der Waals surface area contributed by atoms with Crippen molar-refractivity contribution >= 4 is 11.8 Å². The van der Waals surface area contributed by atoms with Crippen LogP contribution in [0.5, 0.6) is 0 Å². The molecular weight excluding hydrogens is 404 g/mol. The highest BCUT2D eigenvalue weighted by Crippen LogP contribution is 2.14. The average molecular weight is 433 g/mol. The van der Waals surface area contributed by atoms with Gasteiger partial charge in [-0.15, -0.1) is 0 Å². The summed E-state index contributed by atoms with van der Waals surface area (Å²) in [6.07, 6.45) is 1.65. The maximum Gasteiger partial charge on any atom is 0.255 e. The van der Waals surface area contributed by atoms with E-state index in [9.17, 15) is 9.59 Å². The molecule has 1 aromatic heterocycles. The molecule has 1 N–H and O–H groups in total. The number of benzene rings is 2. The van der Waals surface area contributed by atoms with Gasteiger partial charge < -0.3 is 15.0 Å². The average Bonchev–Trinajstić information content (AvgIpc) is 3.18. The smallest absolute Gasteiger partial charge is 0.255 e. The number of aromatic nitrogens is 2. The number of hydrogen-bond acceptors (Lipinski definition) is 4. The summed E-state index contributed by atoms with van der Waals surface area (Å²) >= 11 is 0. The quantitative estimate of drug-likeness (QED) is 0.650. The zero-order valence-electron chi connectivity index (χ0n) is 18.5. The molecule has 1 atom stereocenters. The highest BCUT2D eigenvalue weighted by atomic mass is 16.5. The van der Waals surface area contributed by atoms with E-state index < -0.39 is 0 Å². The van der Waals surface area contributed by atoms with Gasteiger partial charge in [0.05, 0.1) is 31.0 Å². The molecular formula is C25H28N4O3. The summed E-state index contributed by atoms with van der Waals surface area (Å²) in [6.45, 7) is 6.55. The fraction of sp³-hybridized carbons (Fsp3) is 0.320. The summed E-state index contributed by atoms with van der Waals surface area (Å²) in [5, 5.41) is 7.33. The van der Waals surface area contributed by atoms with Crippen LogP contribution >= 0.6 is 0 Å². The Morgan fingerprint density at radius 2 is 1.91 bits per heavy atom. The summed E-state index contributed by atoms with van der Waals surface area (Å²) in [5.74, 6) is -0.188. The maximum atomic E-state index is 12.8. The number of amides is 2. The standard InChI is InChI=1S/C25H28N4O3/c1-18-16-28(11-12-32-18)25(31)22-10-6-9-21(13-22)14-26-24(30)23-15-27-29(19(23)2)17-20-7-4-3-5-8-20/h3-10,13,15,18H,11-12,14,16-17H2,1-2H3,(H,26,30). The van der Waals surface area contributed by atoms with E-state index in [0.29, 0.717) is 43.9 Å². The monoisotopic (exact) mass is 432 g/mol. The van der Waals surface area contributed by atoms with E-state index >= 15 is 0 Å². The van der Waals surface area contributed by atoms with Crippen molar-refractivity contribution in [2.75, 3.05) is 19.7 Å². The molecule has 32 heavy (non-hydrogen) atoms. The predicted molar refractivity (Wildman–Crippen MR) is 121 cm³/mol. The minimum absolute atomic E-state index is 0.00800. The zero-order valence-corrected chi connectivity index (χ0v) is 18.5. The van der Waals surface area contributed by atoms with Crippen molar-refractivity contribution < 1.29 is 14.3 Å². The molecule has 0 saturated carbocycles. The first-order chi connectivity index (χ1) is 15.5. The van der Waals surface area contributed by atoms with Gasteiger partial charge in [0.1, 0.15) is 0 Å². The number of carbonyl (C=O) groups excluding carboxylic acids is 2. The zero-order chi connectivity index (χ0) is 22.5. The number of hydrogen-bond donors (Lipinski definition) is 1. The predicted octanol–water partition coefficient (Wildman–Crippen LogP) is 3.03. The Morgan fingerprint density at radius 3 is 2.69 bits per heavy atom. The van der Waals surface area contributed by atoms with Crippen molar-refractivity contribution in [3.8, 4) is 0 Å². The van der Waals surface area contributed by atoms with E-state index in [0.717, 1.165) is 16.8 Å². The van der Waals surface area contributed by atoms with Crippen LogP contribution in [0.15, 0.2) is 60.8 Å². The second kappa shape index (κ2) is 9.78. The maximum absolute atomic E-state index is 12.8. The molecule has 7 nitrogen and oxygen atoms in total. The van der Waals surface area contributed by atoms with Gasteiger partial charge in [-0.2, -0.15) is 5.10 Å². The number of rotatable bonds is 6. The van der Waals surface area contributed by atoms with E-state index in [-0.39, 0.29) is 17.9 Å². The number of morpholine rings is 1. The summed E-state index contributed by atoms with van der Waals surface area (Å²) in [6, 6.07) is 17.4. The molecule has 7 heteroatoms. The molecule has 166 valence electrons. The largest absolute Gasteiger partial charge is 0.375 e. The lowest BCUT2D eigenvalue weighted by molar-refractivity contribution is -0.0124. The van der Waals surface area contributed by atoms with Crippen LogP contribution in [0.4, 0.5) is 0 Å². The van der Waals surface area contributed by atoms with Crippen molar-refractivity contribution in [2.24, 2.45) is 0 Å². The Labute approximate surface area is 188 Å². The van der Waals surface area contributed by atoms with Crippen LogP contribution in [0, 0.1) is 6.92 Å². The molecule has 0 bridgehead atoms. The van der Waals surface area contributed by atoms with Gasteiger partial charge in [0, 0.05) is 30.9 Å². The lowest BCUT2D eigenvalue weighted by Gasteiger charge is -2.31. The topological polar surface area (TPSA) is 76.5 Å². The van der Waals surface area contributed by atoms with Crippen molar-refractivity contribution in [3.63, 3.8) is 0 Å². The second-order valence-corrected chi connectivity index (χ2v) is 8.10. The van der Waals surface area contributed by atoms with Crippen LogP contribution in [0.3, 0.4) is 0 Å². The first-order valence-corrected chi connectivity index (χ1v) is 10.9. The summed E-state index contributed by atoms with van der Waals surface area (Å²) < 4.78 is 7.35. The van der Waals surface area contributed by atoms with Crippen LogP contribution in [-0.2, 0) is 17.8 Å². The summed E-state index contributed by atoms with van der Waals surface area (Å²) in [4.78, 5) is 27.4. The van der Waals surface area contributed by atoms with Crippen LogP contribution in [0.25, 0.3) is 0 Å². The fourth-order valence-corrected chi connectivity index (χ4v) is 3.86. The molecule has 0 aliphatic carbocycles. The van der Waals surface area contributed by atoms with Crippen LogP contribution < -0.4 is 5.32 Å². The Balaban J connectivity index is 1.38. The molecule has 0 spiro atoms. The third-order valence-corrected chi connectivity index (χ3v) is 5.68. The normalized spacial score (nSPS) is 16.1. The Kier molecular flexibility index (Phi) is 6.66. The Hall–Kier alpha value is -3.45. The molecule has 1 unspecified atom stereocenters. The molecule has 1 fully saturated rings. The fourth-order valence-electron chi connectivity index (χ4n) is 3.86. The van der Waals surface area contributed by atoms with Crippen LogP contribution in [0.2, 0.25) is 0 Å². The molecule has 4 rings (SSSR count). The second-order valence-electron chi connectivity index (χ2n) is 8.10. The number of nitrogens with one attached hydrogen (secondary N) is 1. The van der Waals surface area contributed by atoms with Gasteiger partial charge in [0.15, 0.2) is 0 Å². The summed E-state index contributed by atoms with van der Waals surface area (Å²) in [5.41, 5.74) is 3.99. The van der Waals surface area contributed by atoms with Crippen molar-refractivity contribution in [1.82, 2.24) is 20.0 Å². The van der Waals surface area contributed by atoms with Crippen molar-refractivity contribution in [3.05, 3.63) is 88.7 Å². The molecule has 3 aromatic rings. The third-order valence-electron chi connectivity index (χ3n) is 5.68. The lowest BCUT2D eigenvalue weighted by Crippen LogP contribution is -2.44. The summed E-state index contributed by atoms with van der Waals surface area (Å²) in [7, 11) is 0. The van der Waals surface area contributed by atoms with Crippen molar-refractivity contribution in [1.29, 1.82) is 0 Å². The molecule has 2 aromatic carbocycles. The van der Waals surface area contributed by atoms with Gasteiger partial charge >= 0.3 is 0 Å². The van der Waals surface area contributed by atoms with Crippen LogP contribution in [0.1, 0.15) is 44.5 Å². The first kappa shape index (κ1) is 21.8. The van der Waals surface area contributed by atoms with E-state index in [1.807, 2.05) is 78.0 Å². The Bertz CT molecular complexity index is 1090. The van der Waals surface area contributed by atoms with Gasteiger partial charge in [-0.1, -0.05) is 42.5 Å². The van der Waals surface area contributed by atoms with E-state index in [4.69, 9.17) is 4.74 Å². The van der Waals surface area contributed by atoms with Gasteiger partial charge in [-0.3, -0.25) is 14.3 Å². The molecule has 1 aliphatic rings.